The predicted octanol–water partition coefficient (Wildman–Crippen LogP) is 12.6. The fourth-order valence-electron chi connectivity index (χ4n) is 6.55. The van der Waals surface area contributed by atoms with E-state index >= 15 is 0 Å². The highest BCUT2D eigenvalue weighted by molar-refractivity contribution is 6.14. The number of rotatable bonds is 4. The van der Waals surface area contributed by atoms with Gasteiger partial charge in [-0.15, -0.1) is 0 Å². The first-order chi connectivity index (χ1) is 36.6. The van der Waals surface area contributed by atoms with Crippen LogP contribution >= 0.6 is 0 Å². The minimum absolute atomic E-state index is 0.0291. The summed E-state index contributed by atoms with van der Waals surface area (Å²) in [7, 11) is 0. The molecular weight excluding hydrogens is 619 g/mol. The van der Waals surface area contributed by atoms with E-state index < -0.39 is 234 Å². The number of benzene rings is 8. The molecule has 0 N–H and O–H groups in total. The zero-order valence-corrected chi connectivity index (χ0v) is 25.7. The molecule has 51 heavy (non-hydrogen) atoms. The Kier molecular flexibility index (Phi) is 2.65. The second-order valence-electron chi connectivity index (χ2n) is 11.3. The Morgan fingerprint density at radius 1 is 0.314 bits per heavy atom. The molecule has 238 valence electrons. The van der Waals surface area contributed by atoms with Gasteiger partial charge in [0.2, 0.25) is 0 Å². The molecule has 11 aromatic rings. The lowest BCUT2D eigenvalue weighted by Gasteiger charge is -2.12. The fourth-order valence-corrected chi connectivity index (χ4v) is 6.55. The topological polar surface area (TPSA) is 14.8 Å². The number of hydrogen-bond acceptors (Lipinski definition) is 0. The van der Waals surface area contributed by atoms with Gasteiger partial charge in [0.15, 0.2) is 0 Å². The first-order valence-corrected chi connectivity index (χ1v) is 15.3. The van der Waals surface area contributed by atoms with Gasteiger partial charge in [0.05, 0.1) is 70.1 Å². The van der Waals surface area contributed by atoms with Crippen molar-refractivity contribution in [3.8, 4) is 28.2 Å². The molecule has 0 saturated carbocycles. The summed E-state index contributed by atoms with van der Waals surface area (Å²) in [5.74, 6) is 0. The quantitative estimate of drug-likeness (QED) is 0.176. The first kappa shape index (κ1) is 12.5. The molecule has 3 nitrogen and oxygen atoms in total. The summed E-state index contributed by atoms with van der Waals surface area (Å²) in [4.78, 5) is 0. The average molecular weight is 677 g/mol. The number of aromatic nitrogens is 3. The van der Waals surface area contributed by atoms with E-state index in [1.807, 2.05) is 0 Å². The lowest BCUT2D eigenvalue weighted by atomic mass is 10.1. The number of para-hydroxylation sites is 4. The first-order valence-electron chi connectivity index (χ1n) is 28.8. The van der Waals surface area contributed by atoms with Crippen LogP contribution in [0.3, 0.4) is 0 Å². The highest BCUT2D eigenvalue weighted by Gasteiger charge is 2.18. The van der Waals surface area contributed by atoms with Gasteiger partial charge >= 0.3 is 0 Å². The van der Waals surface area contributed by atoms with Crippen molar-refractivity contribution in [3.05, 3.63) is 187 Å². The summed E-state index contributed by atoms with van der Waals surface area (Å²) < 4.78 is 246. The van der Waals surface area contributed by atoms with Crippen molar-refractivity contribution >= 4 is 65.4 Å². The Bertz CT molecular complexity index is 4600. The van der Waals surface area contributed by atoms with Gasteiger partial charge in [-0.2, -0.15) is 0 Å². The molecule has 0 unspecified atom stereocenters. The van der Waals surface area contributed by atoms with Crippen molar-refractivity contribution in [2.75, 3.05) is 0 Å². The normalized spacial score (nSPS) is 19.3. The highest BCUT2D eigenvalue weighted by Crippen LogP contribution is 2.39. The maximum atomic E-state index is 10.1. The van der Waals surface area contributed by atoms with Crippen molar-refractivity contribution in [2.24, 2.45) is 0 Å². The van der Waals surface area contributed by atoms with Crippen LogP contribution < -0.4 is 0 Å². The standard InChI is InChI=1S/C48H31N3/c1-2-13-32(14-3-1)33-15-12-16-34(29-33)49-45-23-10-6-19-39(45)41-31-36(26-27-47(41)49)51-46-24-11-7-20-40(46)42-30-35(25-28-48(42)51)50-43-21-8-4-17-37(43)38-18-5-9-22-44(38)50/h1-31H/i1D,2D,3D,4D,5D,6D,7D,8D,9D,10D,11D,13D,14D,17D,18D,19D,20D,21D,22D,23D,24D,25D,26D,27D,28D,30D,31D. The molecule has 8 aromatic carbocycles. The van der Waals surface area contributed by atoms with E-state index in [1.165, 1.54) is 24.3 Å². The van der Waals surface area contributed by atoms with Crippen LogP contribution in [0.5, 0.6) is 0 Å². The summed E-state index contributed by atoms with van der Waals surface area (Å²) in [6, 6.07) is -15.9. The molecule has 0 saturated heterocycles. The molecule has 0 atom stereocenters. The van der Waals surface area contributed by atoms with Crippen molar-refractivity contribution in [2.45, 2.75) is 0 Å². The Balaban J connectivity index is 1.34. The predicted molar refractivity (Wildman–Crippen MR) is 215 cm³/mol. The highest BCUT2D eigenvalue weighted by atomic mass is 15.0. The molecule has 0 radical (unpaired) electrons. The zero-order chi connectivity index (χ0) is 57.0. The number of nitrogens with zero attached hydrogens (tertiary/aromatic N) is 3. The Labute approximate surface area is 332 Å². The lowest BCUT2D eigenvalue weighted by Crippen LogP contribution is -1.97. The van der Waals surface area contributed by atoms with Crippen molar-refractivity contribution in [1.82, 2.24) is 13.7 Å². The molecule has 3 aromatic heterocycles. The maximum Gasteiger partial charge on any atom is 0.0652 e. The molecule has 0 spiro atoms. The lowest BCUT2D eigenvalue weighted by molar-refractivity contribution is 1.16. The van der Waals surface area contributed by atoms with Crippen molar-refractivity contribution in [3.63, 3.8) is 0 Å². The van der Waals surface area contributed by atoms with Gasteiger partial charge in [-0.25, -0.2) is 0 Å². The van der Waals surface area contributed by atoms with E-state index in [-0.39, 0.29) is 22.3 Å². The van der Waals surface area contributed by atoms with Crippen molar-refractivity contribution < 1.29 is 37.0 Å². The monoisotopic (exact) mass is 676 g/mol. The summed E-state index contributed by atoms with van der Waals surface area (Å²) >= 11 is 0. The maximum absolute atomic E-state index is 10.1. The van der Waals surface area contributed by atoms with E-state index in [0.717, 1.165) is 13.7 Å². The molecule has 0 bridgehead atoms. The SMILES string of the molecule is [2H]c1c([2H])c([2H])c(-c2cccc(-n3c4c([2H])c([2H])c([2H])c([2H])c4c4c([2H])c(-n5c6c([2H])c([2H])c([2H])c([2H])c6c6c([2H])c(-n7c8c([2H])c([2H])c([2H])c([2H])c8c8c([2H])c([2H])c([2H])c([2H])c87)c([2H])c([2H])c65)c([2H])c([2H])c43)c2)c([2H])c1[2H]. The van der Waals surface area contributed by atoms with Crippen molar-refractivity contribution in [1.29, 1.82) is 0 Å². The van der Waals surface area contributed by atoms with Crippen LogP contribution in [-0.2, 0) is 0 Å². The molecule has 3 heterocycles. The molecule has 0 aliphatic carbocycles. The molecule has 0 fully saturated rings. The average Bonchev–Trinajstić information content (AvgIpc) is 4.24. The largest absolute Gasteiger partial charge is 0.309 e. The summed E-state index contributed by atoms with van der Waals surface area (Å²) in [5, 5.41) is -2.85. The Morgan fingerprint density at radius 2 is 0.706 bits per heavy atom. The fraction of sp³-hybridized carbons (Fsp3) is 0. The van der Waals surface area contributed by atoms with Gasteiger partial charge in [-0.3, -0.25) is 0 Å². The third-order valence-electron chi connectivity index (χ3n) is 8.66. The van der Waals surface area contributed by atoms with Gasteiger partial charge < -0.3 is 13.7 Å². The molecule has 11 rings (SSSR count). The van der Waals surface area contributed by atoms with Crippen LogP contribution in [0.2, 0.25) is 0 Å². The summed E-state index contributed by atoms with van der Waals surface area (Å²) in [6.45, 7) is 0. The third-order valence-corrected chi connectivity index (χ3v) is 8.66. The molecule has 0 aliphatic rings. The van der Waals surface area contributed by atoms with Gasteiger partial charge in [0.1, 0.15) is 0 Å². The third kappa shape index (κ3) is 4.12. The minimum atomic E-state index is -0.986. The van der Waals surface area contributed by atoms with E-state index in [4.69, 9.17) is 23.3 Å². The van der Waals surface area contributed by atoms with Crippen LogP contribution in [0.15, 0.2) is 187 Å². The van der Waals surface area contributed by atoms with Gasteiger partial charge in [0.25, 0.3) is 0 Å². The van der Waals surface area contributed by atoms with E-state index in [0.29, 0.717) is 0 Å². The van der Waals surface area contributed by atoms with Crippen LogP contribution in [0, 0.1) is 0 Å². The molecule has 0 amide bonds. The Hall–Kier alpha value is -6.84. The van der Waals surface area contributed by atoms with Crippen LogP contribution in [0.25, 0.3) is 93.6 Å². The van der Waals surface area contributed by atoms with Crippen LogP contribution in [-0.4, -0.2) is 13.7 Å². The second-order valence-corrected chi connectivity index (χ2v) is 11.3. The van der Waals surface area contributed by atoms with E-state index in [2.05, 4.69) is 0 Å². The van der Waals surface area contributed by atoms with Crippen LogP contribution in [0.4, 0.5) is 0 Å². The van der Waals surface area contributed by atoms with E-state index in [1.54, 1.807) is 0 Å². The zero-order valence-electron chi connectivity index (χ0n) is 52.7. The number of fused-ring (bicyclic) bond motifs is 9. The number of hydrogen-bond donors (Lipinski definition) is 0. The van der Waals surface area contributed by atoms with Gasteiger partial charge in [-0.05, 0) is 83.7 Å². The molecular formula is C48H31N3. The summed E-state index contributed by atoms with van der Waals surface area (Å²) in [5.41, 5.74) is -4.82. The second kappa shape index (κ2) is 10.8. The van der Waals surface area contributed by atoms with Gasteiger partial charge in [0, 0.05) is 49.4 Å². The Morgan fingerprint density at radius 3 is 1.20 bits per heavy atom. The summed E-state index contributed by atoms with van der Waals surface area (Å²) in [6.07, 6.45) is 0. The molecule has 0 aliphatic heterocycles. The molecule has 3 heteroatoms. The van der Waals surface area contributed by atoms with E-state index in [9.17, 15) is 13.7 Å². The smallest absolute Gasteiger partial charge is 0.0652 e. The van der Waals surface area contributed by atoms with Gasteiger partial charge in [-0.1, -0.05) is 115 Å². The van der Waals surface area contributed by atoms with Crippen LogP contribution in [0.1, 0.15) is 37.0 Å². The minimum Gasteiger partial charge on any atom is -0.309 e.